The molecular formula is C28H19NO6. The molecule has 0 radical (unpaired) electrons. The molecule has 7 heteroatoms. The average molecular weight is 465 g/mol. The van der Waals surface area contributed by atoms with Crippen LogP contribution in [0.3, 0.4) is 0 Å². The van der Waals surface area contributed by atoms with Gasteiger partial charge in [-0.15, -0.1) is 0 Å². The molecule has 1 atom stereocenters. The fourth-order valence-corrected chi connectivity index (χ4v) is 4.41. The lowest BCUT2D eigenvalue weighted by Gasteiger charge is -2.27. The minimum absolute atomic E-state index is 0.0855. The highest BCUT2D eigenvalue weighted by Crippen LogP contribution is 2.50. The third kappa shape index (κ3) is 3.87. The highest BCUT2D eigenvalue weighted by molar-refractivity contribution is 6.15. The Morgan fingerprint density at radius 1 is 0.971 bits per heavy atom. The molecule has 4 aromatic rings. The van der Waals surface area contributed by atoms with Crippen LogP contribution in [0.2, 0.25) is 0 Å². The number of allylic oxidation sites excluding steroid dienone is 1. The van der Waals surface area contributed by atoms with Crippen molar-refractivity contribution in [2.75, 3.05) is 0 Å². The summed E-state index contributed by atoms with van der Waals surface area (Å²) in [4.78, 5) is 29.9. The monoisotopic (exact) mass is 465 g/mol. The van der Waals surface area contributed by atoms with Gasteiger partial charge in [-0.2, -0.15) is 0 Å². The Morgan fingerprint density at radius 2 is 1.86 bits per heavy atom. The molecule has 0 saturated heterocycles. The van der Waals surface area contributed by atoms with Crippen molar-refractivity contribution in [3.8, 4) is 17.2 Å². The van der Waals surface area contributed by atoms with Crippen LogP contribution in [0.15, 0.2) is 89.4 Å². The van der Waals surface area contributed by atoms with Crippen LogP contribution in [0.25, 0.3) is 6.08 Å². The zero-order chi connectivity index (χ0) is 23.8. The van der Waals surface area contributed by atoms with Gasteiger partial charge < -0.3 is 18.6 Å². The molecule has 172 valence electrons. The molecule has 4 heterocycles. The van der Waals surface area contributed by atoms with Crippen molar-refractivity contribution in [2.45, 2.75) is 18.9 Å². The second-order valence-electron chi connectivity index (χ2n) is 8.19. The Kier molecular flexibility index (Phi) is 5.15. The third-order valence-electron chi connectivity index (χ3n) is 5.99. The number of aromatic nitrogens is 1. The van der Waals surface area contributed by atoms with E-state index >= 15 is 0 Å². The molecule has 2 aliphatic heterocycles. The number of nitrogens with zero attached hydrogens (tertiary/aromatic N) is 1. The summed E-state index contributed by atoms with van der Waals surface area (Å²) >= 11 is 0. The van der Waals surface area contributed by atoms with E-state index in [-0.39, 0.29) is 30.5 Å². The number of esters is 1. The lowest BCUT2D eigenvalue weighted by atomic mass is 9.84. The van der Waals surface area contributed by atoms with E-state index < -0.39 is 5.92 Å². The van der Waals surface area contributed by atoms with Gasteiger partial charge in [0, 0.05) is 29.3 Å². The van der Waals surface area contributed by atoms with Crippen molar-refractivity contribution in [1.29, 1.82) is 0 Å². The molecule has 0 amide bonds. The van der Waals surface area contributed by atoms with Crippen molar-refractivity contribution in [3.63, 3.8) is 0 Å². The first kappa shape index (κ1) is 20.9. The van der Waals surface area contributed by atoms with E-state index in [1.165, 1.54) is 6.26 Å². The first-order valence-electron chi connectivity index (χ1n) is 11.1. The maximum atomic E-state index is 13.1. The fraction of sp³-hybridized carbons (Fsp3) is 0.107. The van der Waals surface area contributed by atoms with Gasteiger partial charge in [0.2, 0.25) is 5.78 Å². The Bertz CT molecular complexity index is 1460. The molecule has 0 aliphatic carbocycles. The molecule has 0 N–H and O–H groups in total. The van der Waals surface area contributed by atoms with Gasteiger partial charge in [-0.25, -0.2) is 0 Å². The van der Waals surface area contributed by atoms with Gasteiger partial charge in [0.1, 0.15) is 29.6 Å². The second-order valence-corrected chi connectivity index (χ2v) is 8.19. The van der Waals surface area contributed by atoms with Crippen LogP contribution < -0.4 is 14.2 Å². The summed E-state index contributed by atoms with van der Waals surface area (Å²) in [6.45, 7) is 0.278. The van der Waals surface area contributed by atoms with Crippen LogP contribution in [0.5, 0.6) is 17.2 Å². The van der Waals surface area contributed by atoms with Crippen molar-refractivity contribution in [1.82, 2.24) is 4.98 Å². The predicted molar refractivity (Wildman–Crippen MR) is 125 cm³/mol. The van der Waals surface area contributed by atoms with E-state index in [9.17, 15) is 9.59 Å². The Labute approximate surface area is 200 Å². The summed E-state index contributed by atoms with van der Waals surface area (Å²) in [6, 6.07) is 19.9. The van der Waals surface area contributed by atoms with Crippen LogP contribution in [0, 0.1) is 0 Å². The number of Topliss-reactive ketones (excluding diaryl/α,β-unsaturated/α-hetero) is 1. The van der Waals surface area contributed by atoms with Crippen LogP contribution in [0.4, 0.5) is 0 Å². The Balaban J connectivity index is 1.40. The molecule has 0 saturated carbocycles. The predicted octanol–water partition coefficient (Wildman–Crippen LogP) is 5.31. The zero-order valence-corrected chi connectivity index (χ0v) is 18.5. The van der Waals surface area contributed by atoms with Gasteiger partial charge in [0.05, 0.1) is 23.9 Å². The first-order chi connectivity index (χ1) is 17.2. The Morgan fingerprint density at radius 3 is 2.69 bits per heavy atom. The molecule has 0 unspecified atom stereocenters. The molecule has 0 bridgehead atoms. The lowest BCUT2D eigenvalue weighted by molar-refractivity contribution is -0.135. The summed E-state index contributed by atoms with van der Waals surface area (Å²) in [6.07, 6.45) is 4.88. The number of ether oxygens (including phenoxy) is 3. The number of ketones is 1. The SMILES string of the molecule is O=C1C[C@H](c2ccccc2OCc2ccccn2)c2c(ccc3c2O/C(=C\c2ccco2)C3=O)O1. The number of pyridine rings is 1. The fourth-order valence-electron chi connectivity index (χ4n) is 4.41. The maximum Gasteiger partial charge on any atom is 0.312 e. The van der Waals surface area contributed by atoms with Crippen molar-refractivity contribution >= 4 is 17.8 Å². The van der Waals surface area contributed by atoms with Crippen LogP contribution in [-0.4, -0.2) is 16.7 Å². The topological polar surface area (TPSA) is 87.9 Å². The molecular weight excluding hydrogens is 446 g/mol. The molecule has 7 nitrogen and oxygen atoms in total. The van der Waals surface area contributed by atoms with Crippen molar-refractivity contribution in [3.05, 3.63) is 113 Å². The number of carbonyl (C=O) groups excluding carboxylic acids is 2. The van der Waals surface area contributed by atoms with Gasteiger partial charge in [-0.3, -0.25) is 14.6 Å². The largest absolute Gasteiger partial charge is 0.487 e. The van der Waals surface area contributed by atoms with Crippen LogP contribution >= 0.6 is 0 Å². The molecule has 0 spiro atoms. The number of rotatable bonds is 5. The van der Waals surface area contributed by atoms with Gasteiger partial charge in [-0.1, -0.05) is 24.3 Å². The molecule has 2 aromatic heterocycles. The van der Waals surface area contributed by atoms with E-state index in [0.717, 1.165) is 11.3 Å². The summed E-state index contributed by atoms with van der Waals surface area (Å²) in [7, 11) is 0. The number of para-hydroxylation sites is 1. The van der Waals surface area contributed by atoms with E-state index in [1.54, 1.807) is 36.5 Å². The number of fused-ring (bicyclic) bond motifs is 3. The van der Waals surface area contributed by atoms with Crippen LogP contribution in [0.1, 0.15) is 45.3 Å². The molecule has 35 heavy (non-hydrogen) atoms. The summed E-state index contributed by atoms with van der Waals surface area (Å²) < 4.78 is 23.0. The second kappa shape index (κ2) is 8.61. The van der Waals surface area contributed by atoms with Crippen LogP contribution in [-0.2, 0) is 11.4 Å². The highest BCUT2D eigenvalue weighted by Gasteiger charge is 2.39. The maximum absolute atomic E-state index is 13.1. The number of hydrogen-bond donors (Lipinski definition) is 0. The summed E-state index contributed by atoms with van der Waals surface area (Å²) in [5.41, 5.74) is 2.64. The quantitative estimate of drug-likeness (QED) is 0.224. The minimum Gasteiger partial charge on any atom is -0.487 e. The number of furan rings is 1. The molecule has 2 aliphatic rings. The smallest absolute Gasteiger partial charge is 0.312 e. The number of benzene rings is 2. The van der Waals surface area contributed by atoms with E-state index in [4.69, 9.17) is 18.6 Å². The van der Waals surface area contributed by atoms with Crippen molar-refractivity contribution in [2.24, 2.45) is 0 Å². The van der Waals surface area contributed by atoms with Gasteiger partial charge in [0.25, 0.3) is 0 Å². The van der Waals surface area contributed by atoms with E-state index in [1.807, 2.05) is 42.5 Å². The highest BCUT2D eigenvalue weighted by atomic mass is 16.5. The average Bonchev–Trinajstić information content (AvgIpc) is 3.51. The Hall–Kier alpha value is -4.65. The standard InChI is InChI=1S/C28H19NO6/c30-25-15-21(19-8-1-2-9-22(19)33-16-17-6-3-4-12-29-17)26-23(34-25)11-10-20-27(31)24(35-28(20)26)14-18-7-5-13-32-18/h1-14,21H,15-16H2/b24-14-/t21-/m1/s1. The first-order valence-corrected chi connectivity index (χ1v) is 11.1. The lowest BCUT2D eigenvalue weighted by Crippen LogP contribution is -2.22. The summed E-state index contributed by atoms with van der Waals surface area (Å²) in [5.74, 6) is 1.00. The molecule has 0 fully saturated rings. The summed E-state index contributed by atoms with van der Waals surface area (Å²) in [5, 5.41) is 0. The number of carbonyl (C=O) groups is 2. The third-order valence-corrected chi connectivity index (χ3v) is 5.99. The van der Waals surface area contributed by atoms with Gasteiger partial charge in [-0.05, 0) is 42.5 Å². The normalized spacial score (nSPS) is 17.5. The van der Waals surface area contributed by atoms with Gasteiger partial charge >= 0.3 is 5.97 Å². The van der Waals surface area contributed by atoms with Crippen molar-refractivity contribution < 1.29 is 28.2 Å². The molecule has 6 rings (SSSR count). The number of hydrogen-bond acceptors (Lipinski definition) is 7. The zero-order valence-electron chi connectivity index (χ0n) is 18.5. The van der Waals surface area contributed by atoms with E-state index in [2.05, 4.69) is 4.98 Å². The van der Waals surface area contributed by atoms with Gasteiger partial charge in [0.15, 0.2) is 5.76 Å². The molecule has 2 aromatic carbocycles. The van der Waals surface area contributed by atoms with E-state index in [0.29, 0.717) is 34.1 Å². The minimum atomic E-state index is -0.420.